The highest BCUT2D eigenvalue weighted by Gasteiger charge is 2.51. The average Bonchev–Trinajstić information content (AvgIpc) is 2.89. The molecule has 0 aromatic heterocycles. The van der Waals surface area contributed by atoms with Gasteiger partial charge < -0.3 is 15.8 Å². The number of aliphatic imine (C=N–C) groups is 1. The van der Waals surface area contributed by atoms with Gasteiger partial charge >= 0.3 is 0 Å². The molecule has 3 N–H and O–H groups in total. The number of amidine groups is 1. The largest absolute Gasteiger partial charge is 0.459 e. The topological polar surface area (TPSA) is 76.7 Å². The predicted octanol–water partition coefficient (Wildman–Crippen LogP) is 6.61. The molecular formula is C26H29BrF3N3O2. The zero-order chi connectivity index (χ0) is 25.3. The molecule has 1 atom stereocenters. The van der Waals surface area contributed by atoms with Gasteiger partial charge in [0, 0.05) is 40.6 Å². The Hall–Kier alpha value is -2.55. The molecule has 1 aliphatic heterocycles. The van der Waals surface area contributed by atoms with E-state index >= 15 is 4.39 Å². The summed E-state index contributed by atoms with van der Waals surface area (Å²) < 4.78 is 49.3. The fourth-order valence-corrected chi connectivity index (χ4v) is 5.36. The van der Waals surface area contributed by atoms with E-state index in [4.69, 9.17) is 10.5 Å². The van der Waals surface area contributed by atoms with E-state index in [2.05, 4.69) is 26.2 Å². The average molecular weight is 552 g/mol. The van der Waals surface area contributed by atoms with E-state index in [0.29, 0.717) is 17.7 Å². The minimum Gasteiger partial charge on any atom is -0.459 e. The third kappa shape index (κ3) is 6.00. The Balaban J connectivity index is 1.59. The van der Waals surface area contributed by atoms with Crippen LogP contribution in [0.25, 0.3) is 0 Å². The molecule has 35 heavy (non-hydrogen) atoms. The van der Waals surface area contributed by atoms with Crippen molar-refractivity contribution in [3.8, 4) is 0 Å². The number of hydrogen-bond acceptors (Lipinski definition) is 4. The summed E-state index contributed by atoms with van der Waals surface area (Å²) in [6.45, 7) is 1.72. The summed E-state index contributed by atoms with van der Waals surface area (Å²) in [6, 6.07) is 4.17. The summed E-state index contributed by atoms with van der Waals surface area (Å²) in [4.78, 5) is 17.4. The van der Waals surface area contributed by atoms with Crippen molar-refractivity contribution in [2.45, 2.75) is 75.4 Å². The molecule has 9 heteroatoms. The first-order valence-electron chi connectivity index (χ1n) is 11.8. The maximum atomic E-state index is 15.1. The van der Waals surface area contributed by atoms with Crippen LogP contribution < -0.4 is 11.1 Å². The molecule has 1 aromatic carbocycles. The highest BCUT2D eigenvalue weighted by Crippen LogP contribution is 2.49. The molecule has 0 radical (unpaired) electrons. The van der Waals surface area contributed by atoms with E-state index in [1.807, 2.05) is 18.2 Å². The smallest absolute Gasteiger partial charge is 0.283 e. The van der Waals surface area contributed by atoms with Crippen LogP contribution in [0.1, 0.15) is 63.9 Å². The molecule has 1 saturated carbocycles. The highest BCUT2D eigenvalue weighted by molar-refractivity contribution is 9.11. The van der Waals surface area contributed by atoms with Crippen LogP contribution in [-0.4, -0.2) is 23.5 Å². The van der Waals surface area contributed by atoms with Gasteiger partial charge in [-0.1, -0.05) is 34.2 Å². The molecule has 2 aliphatic carbocycles. The summed E-state index contributed by atoms with van der Waals surface area (Å²) in [5.74, 6) is -3.53. The van der Waals surface area contributed by atoms with Crippen molar-refractivity contribution >= 4 is 33.5 Å². The third-order valence-corrected chi connectivity index (χ3v) is 7.40. The van der Waals surface area contributed by atoms with Gasteiger partial charge in [-0.15, -0.1) is 0 Å². The van der Waals surface area contributed by atoms with Crippen LogP contribution in [-0.2, 0) is 15.1 Å². The Kier molecular flexibility index (Phi) is 7.18. The molecule has 1 aromatic rings. The Bertz CT molecular complexity index is 1120. The second kappa shape index (κ2) is 9.84. The van der Waals surface area contributed by atoms with Crippen molar-refractivity contribution in [3.63, 3.8) is 0 Å². The lowest BCUT2D eigenvalue weighted by Gasteiger charge is -2.47. The maximum Gasteiger partial charge on any atom is 0.283 e. The molecule has 0 saturated heterocycles. The van der Waals surface area contributed by atoms with E-state index in [-0.39, 0.29) is 49.6 Å². The van der Waals surface area contributed by atoms with Gasteiger partial charge in [0.05, 0.1) is 5.54 Å². The number of amides is 1. The van der Waals surface area contributed by atoms with Crippen LogP contribution in [0.3, 0.4) is 0 Å². The first kappa shape index (κ1) is 25.5. The van der Waals surface area contributed by atoms with Crippen molar-refractivity contribution in [2.24, 2.45) is 10.7 Å². The summed E-state index contributed by atoms with van der Waals surface area (Å²) in [5.41, 5.74) is 5.17. The SMILES string of the molecule is C[C@@]1(c2cc(NC(=O)/C3=C/C=C(Br)\C=C\CCC3)ccc2F)CC2(CCC(F)(F)CC2)OC(N)=N1. The summed E-state index contributed by atoms with van der Waals surface area (Å²) in [7, 11) is 0. The fourth-order valence-electron chi connectivity index (χ4n) is 5.04. The van der Waals surface area contributed by atoms with Crippen molar-refractivity contribution in [1.29, 1.82) is 0 Å². The van der Waals surface area contributed by atoms with Crippen molar-refractivity contribution < 1.29 is 22.7 Å². The number of ether oxygens (including phenoxy) is 1. The Labute approximate surface area is 211 Å². The standard InChI is InChI=1S/C26H29BrF3N3O2/c1-24(16-25(35-23(31)33-24)11-13-26(29,30)14-12-25)20-15-19(9-10-21(20)28)32-22(34)17-5-3-2-4-6-18(27)8-7-17/h4,6-10,15H,2-3,5,11-14,16H2,1H3,(H2,31,33)(H,32,34)/b6-4+,17-7+,18-8+/t24-/m0/s1. The van der Waals surface area contributed by atoms with Crippen molar-refractivity contribution in [1.82, 2.24) is 0 Å². The normalized spacial score (nSPS) is 29.7. The number of carbonyl (C=O) groups excluding carboxylic acids is 1. The van der Waals surface area contributed by atoms with Crippen molar-refractivity contribution in [3.05, 3.63) is 63.9 Å². The number of rotatable bonds is 3. The van der Waals surface area contributed by atoms with Crippen molar-refractivity contribution in [2.75, 3.05) is 5.32 Å². The molecule has 4 rings (SSSR count). The van der Waals surface area contributed by atoms with Crippen LogP contribution in [0, 0.1) is 5.82 Å². The predicted molar refractivity (Wildman–Crippen MR) is 134 cm³/mol. The van der Waals surface area contributed by atoms with Crippen LogP contribution >= 0.6 is 15.9 Å². The number of nitrogens with two attached hydrogens (primary N) is 1. The first-order chi connectivity index (χ1) is 16.5. The van der Waals surface area contributed by atoms with Gasteiger partial charge in [0.1, 0.15) is 11.4 Å². The molecule has 188 valence electrons. The molecule has 5 nitrogen and oxygen atoms in total. The van der Waals surface area contributed by atoms with Gasteiger partial charge in [-0.05, 0) is 63.3 Å². The first-order valence-corrected chi connectivity index (χ1v) is 12.6. The number of allylic oxidation sites excluding steroid dienone is 5. The molecule has 1 heterocycles. The zero-order valence-corrected chi connectivity index (χ0v) is 21.1. The Morgan fingerprint density at radius 3 is 2.69 bits per heavy atom. The number of benzene rings is 1. The van der Waals surface area contributed by atoms with E-state index in [1.165, 1.54) is 12.1 Å². The van der Waals surface area contributed by atoms with E-state index < -0.39 is 22.9 Å². The molecule has 0 bridgehead atoms. The highest BCUT2D eigenvalue weighted by atomic mass is 79.9. The van der Waals surface area contributed by atoms with E-state index in [1.54, 1.807) is 19.1 Å². The van der Waals surface area contributed by atoms with Crippen LogP contribution in [0.5, 0.6) is 0 Å². The van der Waals surface area contributed by atoms with Gasteiger partial charge in [0.25, 0.3) is 11.9 Å². The summed E-state index contributed by atoms with van der Waals surface area (Å²) >= 11 is 3.44. The van der Waals surface area contributed by atoms with Gasteiger partial charge in [-0.3, -0.25) is 4.79 Å². The second-order valence-corrected chi connectivity index (χ2v) is 10.6. The van der Waals surface area contributed by atoms with Gasteiger partial charge in [-0.25, -0.2) is 18.2 Å². The number of hydrogen-bond donors (Lipinski definition) is 2. The molecule has 3 aliphatic rings. The summed E-state index contributed by atoms with van der Waals surface area (Å²) in [6.07, 6.45) is 9.65. The number of nitrogens with one attached hydrogen (secondary N) is 1. The lowest BCUT2D eigenvalue weighted by Crippen LogP contribution is -2.51. The fraction of sp³-hybridized carbons (Fsp3) is 0.462. The van der Waals surface area contributed by atoms with Crippen LogP contribution in [0.15, 0.2) is 57.6 Å². The monoisotopic (exact) mass is 551 g/mol. The van der Waals surface area contributed by atoms with E-state index in [9.17, 15) is 13.6 Å². The third-order valence-electron chi connectivity index (χ3n) is 6.87. The number of nitrogens with zero attached hydrogens (tertiary/aromatic N) is 1. The number of anilines is 1. The quantitative estimate of drug-likeness (QED) is 0.443. The summed E-state index contributed by atoms with van der Waals surface area (Å²) in [5, 5.41) is 2.86. The van der Waals surface area contributed by atoms with Crippen LogP contribution in [0.2, 0.25) is 0 Å². The molecule has 1 amide bonds. The minimum absolute atomic E-state index is 0.107. The lowest BCUT2D eigenvalue weighted by atomic mass is 9.72. The van der Waals surface area contributed by atoms with E-state index in [0.717, 1.165) is 17.3 Å². The number of alkyl halides is 2. The number of carbonyl (C=O) groups is 1. The minimum atomic E-state index is -2.74. The van der Waals surface area contributed by atoms with Crippen LogP contribution in [0.4, 0.5) is 18.9 Å². The van der Waals surface area contributed by atoms with Gasteiger partial charge in [-0.2, -0.15) is 0 Å². The maximum absolute atomic E-state index is 15.1. The number of halogens is 4. The second-order valence-electron chi connectivity index (χ2n) is 9.73. The Morgan fingerprint density at radius 2 is 1.94 bits per heavy atom. The lowest BCUT2D eigenvalue weighted by molar-refractivity contribution is -0.113. The molecule has 0 unspecified atom stereocenters. The molecular weight excluding hydrogens is 523 g/mol. The van der Waals surface area contributed by atoms with Gasteiger partial charge in [0.15, 0.2) is 0 Å². The van der Waals surface area contributed by atoms with Gasteiger partial charge in [0.2, 0.25) is 5.92 Å². The molecule has 1 fully saturated rings. The molecule has 1 spiro atoms. The zero-order valence-electron chi connectivity index (χ0n) is 19.6. The Morgan fingerprint density at radius 1 is 1.20 bits per heavy atom.